The second-order valence-electron chi connectivity index (χ2n) is 3.51. The number of aromatic nitrogens is 2. The molecule has 0 aromatic carbocycles. The van der Waals surface area contributed by atoms with Gasteiger partial charge in [-0.25, -0.2) is 4.79 Å². The Kier molecular flexibility index (Phi) is 4.50. The predicted octanol–water partition coefficient (Wildman–Crippen LogP) is 0.322. The number of aliphatic carboxylic acids is 1. The van der Waals surface area contributed by atoms with Crippen LogP contribution in [0.1, 0.15) is 25.5 Å². The summed E-state index contributed by atoms with van der Waals surface area (Å²) >= 11 is 0. The number of rotatable bonds is 6. The Morgan fingerprint density at radius 3 is 2.88 bits per heavy atom. The number of hydrogen-bond acceptors (Lipinski definition) is 3. The molecule has 0 fully saturated rings. The number of nitrogens with one attached hydrogen (secondary N) is 2. The molecule has 1 heterocycles. The van der Waals surface area contributed by atoms with Crippen LogP contribution >= 0.6 is 0 Å². The van der Waals surface area contributed by atoms with Crippen molar-refractivity contribution in [2.45, 2.75) is 32.2 Å². The zero-order valence-electron chi connectivity index (χ0n) is 9.06. The fourth-order valence-electron chi connectivity index (χ4n) is 1.35. The fraction of sp³-hybridized carbons (Fsp3) is 0.500. The lowest BCUT2D eigenvalue weighted by molar-refractivity contribution is -0.141. The van der Waals surface area contributed by atoms with Crippen LogP contribution in [0, 0.1) is 0 Å². The Labute approximate surface area is 93.1 Å². The van der Waals surface area contributed by atoms with E-state index in [2.05, 4.69) is 15.5 Å². The first-order valence-electron chi connectivity index (χ1n) is 5.14. The van der Waals surface area contributed by atoms with E-state index < -0.39 is 12.0 Å². The quantitative estimate of drug-likeness (QED) is 0.649. The van der Waals surface area contributed by atoms with E-state index in [4.69, 9.17) is 5.11 Å². The molecule has 1 atom stereocenters. The topological polar surface area (TPSA) is 95.1 Å². The molecule has 1 amide bonds. The molecule has 6 nitrogen and oxygen atoms in total. The molecular weight excluding hydrogens is 210 g/mol. The third-order valence-corrected chi connectivity index (χ3v) is 2.12. The predicted molar refractivity (Wildman–Crippen MR) is 56.8 cm³/mol. The number of hydrogen-bond donors (Lipinski definition) is 3. The van der Waals surface area contributed by atoms with Crippen molar-refractivity contribution < 1.29 is 14.7 Å². The molecule has 1 rings (SSSR count). The summed E-state index contributed by atoms with van der Waals surface area (Å²) in [6.07, 6.45) is 2.81. The van der Waals surface area contributed by atoms with Gasteiger partial charge in [-0.3, -0.25) is 9.89 Å². The van der Waals surface area contributed by atoms with Crippen molar-refractivity contribution in [1.82, 2.24) is 15.5 Å². The summed E-state index contributed by atoms with van der Waals surface area (Å²) in [6.45, 7) is 1.87. The molecule has 0 bridgehead atoms. The van der Waals surface area contributed by atoms with Gasteiger partial charge in [0, 0.05) is 11.9 Å². The minimum absolute atomic E-state index is 0.119. The molecule has 1 aromatic heterocycles. The lowest BCUT2D eigenvalue weighted by Gasteiger charge is -2.12. The Morgan fingerprint density at radius 2 is 2.38 bits per heavy atom. The standard InChI is InChI=1S/C10H15N3O3/c1-2-3-8(10(15)16)12-9(14)6-7-4-5-11-13-7/h4-5,8H,2-3,6H2,1H3,(H,11,13)(H,12,14)(H,15,16)/t8-/m1/s1. The smallest absolute Gasteiger partial charge is 0.326 e. The Bertz CT molecular complexity index is 348. The first-order valence-corrected chi connectivity index (χ1v) is 5.14. The number of carboxylic acids is 1. The number of amides is 1. The maximum Gasteiger partial charge on any atom is 0.326 e. The minimum Gasteiger partial charge on any atom is -0.480 e. The van der Waals surface area contributed by atoms with Crippen molar-refractivity contribution in [2.75, 3.05) is 0 Å². The van der Waals surface area contributed by atoms with E-state index in [0.717, 1.165) is 0 Å². The van der Waals surface area contributed by atoms with E-state index in [9.17, 15) is 9.59 Å². The highest BCUT2D eigenvalue weighted by atomic mass is 16.4. The second-order valence-corrected chi connectivity index (χ2v) is 3.51. The summed E-state index contributed by atoms with van der Waals surface area (Å²) in [4.78, 5) is 22.3. The van der Waals surface area contributed by atoms with Crippen molar-refractivity contribution in [3.8, 4) is 0 Å². The van der Waals surface area contributed by atoms with Gasteiger partial charge in [-0.15, -0.1) is 0 Å². The second kappa shape index (κ2) is 5.89. The number of carbonyl (C=O) groups excluding carboxylic acids is 1. The number of carbonyl (C=O) groups is 2. The maximum absolute atomic E-state index is 11.5. The minimum atomic E-state index is -1.00. The van der Waals surface area contributed by atoms with E-state index in [1.54, 1.807) is 12.3 Å². The van der Waals surface area contributed by atoms with Crippen LogP contribution < -0.4 is 5.32 Å². The SMILES string of the molecule is CCC[C@@H](NC(=O)Cc1ccn[nH]1)C(=O)O. The molecule has 3 N–H and O–H groups in total. The van der Waals surface area contributed by atoms with E-state index in [0.29, 0.717) is 18.5 Å². The van der Waals surface area contributed by atoms with E-state index >= 15 is 0 Å². The molecule has 1 aromatic rings. The monoisotopic (exact) mass is 225 g/mol. The van der Waals surface area contributed by atoms with Crippen LogP contribution in [0.15, 0.2) is 12.3 Å². The lowest BCUT2D eigenvalue weighted by Crippen LogP contribution is -2.41. The molecule has 0 aliphatic rings. The van der Waals surface area contributed by atoms with E-state index in [-0.39, 0.29) is 12.3 Å². The average molecular weight is 225 g/mol. The van der Waals surface area contributed by atoms with Crippen molar-refractivity contribution >= 4 is 11.9 Å². The average Bonchev–Trinajstić information content (AvgIpc) is 2.69. The summed E-state index contributed by atoms with van der Waals surface area (Å²) in [5.41, 5.74) is 0.665. The first kappa shape index (κ1) is 12.2. The van der Waals surface area contributed by atoms with Crippen molar-refractivity contribution in [2.24, 2.45) is 0 Å². The van der Waals surface area contributed by atoms with Gasteiger partial charge in [0.15, 0.2) is 0 Å². The van der Waals surface area contributed by atoms with Gasteiger partial charge in [0.25, 0.3) is 0 Å². The van der Waals surface area contributed by atoms with Gasteiger partial charge >= 0.3 is 5.97 Å². The molecule has 0 aliphatic heterocycles. The molecule has 0 saturated carbocycles. The van der Waals surface area contributed by atoms with Gasteiger partial charge in [-0.2, -0.15) is 5.10 Å². The summed E-state index contributed by atoms with van der Waals surface area (Å²) in [6, 6.07) is 0.871. The maximum atomic E-state index is 11.5. The van der Waals surface area contributed by atoms with Gasteiger partial charge in [0.2, 0.25) is 5.91 Å². The Morgan fingerprint density at radius 1 is 1.62 bits per heavy atom. The molecule has 0 saturated heterocycles. The van der Waals surface area contributed by atoms with Crippen LogP contribution in [0.25, 0.3) is 0 Å². The Hall–Kier alpha value is -1.85. The van der Waals surface area contributed by atoms with Crippen LogP contribution in [-0.2, 0) is 16.0 Å². The largest absolute Gasteiger partial charge is 0.480 e. The summed E-state index contributed by atoms with van der Waals surface area (Å²) in [5.74, 6) is -1.31. The molecule has 0 spiro atoms. The molecule has 88 valence electrons. The van der Waals surface area contributed by atoms with Gasteiger partial charge < -0.3 is 10.4 Å². The molecule has 0 radical (unpaired) electrons. The lowest BCUT2D eigenvalue weighted by atomic mass is 10.1. The van der Waals surface area contributed by atoms with Crippen LogP contribution in [0.5, 0.6) is 0 Å². The van der Waals surface area contributed by atoms with Crippen molar-refractivity contribution in [1.29, 1.82) is 0 Å². The van der Waals surface area contributed by atoms with Crippen molar-refractivity contribution in [3.63, 3.8) is 0 Å². The van der Waals surface area contributed by atoms with Gasteiger partial charge in [-0.05, 0) is 12.5 Å². The highest BCUT2D eigenvalue weighted by Crippen LogP contribution is 1.99. The third-order valence-electron chi connectivity index (χ3n) is 2.12. The summed E-state index contributed by atoms with van der Waals surface area (Å²) in [7, 11) is 0. The molecule has 0 aliphatic carbocycles. The number of H-pyrrole nitrogens is 1. The normalized spacial score (nSPS) is 12.1. The number of carboxylic acid groups (broad SMARTS) is 1. The number of nitrogens with zero attached hydrogens (tertiary/aromatic N) is 1. The van der Waals surface area contributed by atoms with Gasteiger partial charge in [-0.1, -0.05) is 13.3 Å². The zero-order chi connectivity index (χ0) is 12.0. The van der Waals surface area contributed by atoms with Crippen LogP contribution in [0.3, 0.4) is 0 Å². The molecular formula is C10H15N3O3. The van der Waals surface area contributed by atoms with Gasteiger partial charge in [0.1, 0.15) is 6.04 Å². The Balaban J connectivity index is 2.45. The molecule has 0 unspecified atom stereocenters. The summed E-state index contributed by atoms with van der Waals surface area (Å²) in [5, 5.41) is 17.7. The van der Waals surface area contributed by atoms with Crippen LogP contribution in [0.4, 0.5) is 0 Å². The van der Waals surface area contributed by atoms with Crippen LogP contribution in [-0.4, -0.2) is 33.2 Å². The summed E-state index contributed by atoms with van der Waals surface area (Å²) < 4.78 is 0. The fourth-order valence-corrected chi connectivity index (χ4v) is 1.35. The highest BCUT2D eigenvalue weighted by molar-refractivity contribution is 5.84. The van der Waals surface area contributed by atoms with Gasteiger partial charge in [0.05, 0.1) is 6.42 Å². The van der Waals surface area contributed by atoms with E-state index in [1.165, 1.54) is 0 Å². The zero-order valence-corrected chi connectivity index (χ0v) is 9.06. The van der Waals surface area contributed by atoms with Crippen molar-refractivity contribution in [3.05, 3.63) is 18.0 Å². The highest BCUT2D eigenvalue weighted by Gasteiger charge is 2.18. The molecule has 6 heteroatoms. The third kappa shape index (κ3) is 3.72. The first-order chi connectivity index (χ1) is 7.63. The molecule has 16 heavy (non-hydrogen) atoms. The number of aromatic amines is 1. The van der Waals surface area contributed by atoms with Crippen LogP contribution in [0.2, 0.25) is 0 Å². The van der Waals surface area contributed by atoms with E-state index in [1.807, 2.05) is 6.92 Å².